The van der Waals surface area contributed by atoms with Gasteiger partial charge in [-0.15, -0.1) is 0 Å². The second-order valence-electron chi connectivity index (χ2n) is 6.05. The molecule has 3 rings (SSSR count). The van der Waals surface area contributed by atoms with Crippen molar-refractivity contribution >= 4 is 27.6 Å². The third-order valence-corrected chi connectivity index (χ3v) is 6.85. The Bertz CT molecular complexity index is 699. The predicted octanol–water partition coefficient (Wildman–Crippen LogP) is 2.85. The Labute approximate surface area is 134 Å². The van der Waals surface area contributed by atoms with Crippen LogP contribution >= 0.6 is 11.6 Å². The molecule has 1 heterocycles. The van der Waals surface area contributed by atoms with Gasteiger partial charge in [0.05, 0.1) is 10.6 Å². The van der Waals surface area contributed by atoms with E-state index in [2.05, 4.69) is 0 Å². The fourth-order valence-corrected chi connectivity index (χ4v) is 5.18. The summed E-state index contributed by atoms with van der Waals surface area (Å²) in [7, 11) is -3.67. The molecule has 120 valence electrons. The zero-order valence-corrected chi connectivity index (χ0v) is 13.6. The zero-order chi connectivity index (χ0) is 15.9. The van der Waals surface area contributed by atoms with Crippen molar-refractivity contribution < 1.29 is 18.3 Å². The van der Waals surface area contributed by atoms with Gasteiger partial charge in [-0.3, -0.25) is 0 Å². The van der Waals surface area contributed by atoms with E-state index in [0.717, 1.165) is 12.8 Å². The van der Waals surface area contributed by atoms with Gasteiger partial charge in [0.25, 0.3) is 0 Å². The molecule has 0 unspecified atom stereocenters. The highest BCUT2D eigenvalue weighted by atomic mass is 35.5. The highest BCUT2D eigenvalue weighted by molar-refractivity contribution is 7.89. The number of nitrogens with zero attached hydrogens (tertiary/aromatic N) is 1. The lowest BCUT2D eigenvalue weighted by atomic mass is 9.95. The Kier molecular flexibility index (Phi) is 4.18. The van der Waals surface area contributed by atoms with Gasteiger partial charge in [-0.25, -0.2) is 13.2 Å². The summed E-state index contributed by atoms with van der Waals surface area (Å²) in [6, 6.07) is 3.77. The molecule has 22 heavy (non-hydrogen) atoms. The first-order valence-electron chi connectivity index (χ1n) is 7.42. The quantitative estimate of drug-likeness (QED) is 0.912. The molecule has 1 aromatic carbocycles. The summed E-state index contributed by atoms with van der Waals surface area (Å²) in [6.45, 7) is 1.05. The summed E-state index contributed by atoms with van der Waals surface area (Å²) in [5.74, 6) is -0.0129. The molecule has 1 saturated heterocycles. The van der Waals surface area contributed by atoms with Gasteiger partial charge in [-0.2, -0.15) is 4.31 Å². The zero-order valence-electron chi connectivity index (χ0n) is 12.0. The molecule has 0 amide bonds. The van der Waals surface area contributed by atoms with E-state index in [9.17, 15) is 13.2 Å². The van der Waals surface area contributed by atoms with Crippen molar-refractivity contribution in [3.63, 3.8) is 0 Å². The molecule has 1 aromatic rings. The van der Waals surface area contributed by atoms with E-state index in [1.807, 2.05) is 0 Å². The number of hydrogen-bond donors (Lipinski definition) is 1. The maximum Gasteiger partial charge on any atom is 0.335 e. The van der Waals surface area contributed by atoms with E-state index in [-0.39, 0.29) is 15.5 Å². The van der Waals surface area contributed by atoms with E-state index in [4.69, 9.17) is 16.7 Å². The van der Waals surface area contributed by atoms with Gasteiger partial charge in [0.1, 0.15) is 4.90 Å². The largest absolute Gasteiger partial charge is 0.478 e. The molecule has 0 aromatic heterocycles. The molecule has 1 N–H and O–H groups in total. The van der Waals surface area contributed by atoms with Crippen LogP contribution in [0.3, 0.4) is 0 Å². The van der Waals surface area contributed by atoms with Crippen LogP contribution < -0.4 is 0 Å². The van der Waals surface area contributed by atoms with Gasteiger partial charge in [0.15, 0.2) is 0 Å². The predicted molar refractivity (Wildman–Crippen MR) is 82.6 cm³/mol. The van der Waals surface area contributed by atoms with Crippen LogP contribution in [0.15, 0.2) is 23.1 Å². The van der Waals surface area contributed by atoms with Crippen molar-refractivity contribution in [2.24, 2.45) is 11.8 Å². The summed E-state index contributed by atoms with van der Waals surface area (Å²) in [5.41, 5.74) is -0.0153. The minimum atomic E-state index is -3.67. The number of carbonyl (C=O) groups is 1. The fourth-order valence-electron chi connectivity index (χ4n) is 3.13. The minimum Gasteiger partial charge on any atom is -0.478 e. The van der Waals surface area contributed by atoms with Crippen molar-refractivity contribution in [2.75, 3.05) is 13.1 Å². The Morgan fingerprint density at radius 2 is 1.95 bits per heavy atom. The Morgan fingerprint density at radius 1 is 1.23 bits per heavy atom. The number of sulfonamides is 1. The number of benzene rings is 1. The van der Waals surface area contributed by atoms with Crippen LogP contribution in [0.25, 0.3) is 0 Å². The number of halogens is 1. The number of piperidine rings is 1. The fraction of sp³-hybridized carbons (Fsp3) is 0.533. The summed E-state index contributed by atoms with van der Waals surface area (Å²) < 4.78 is 27.0. The van der Waals surface area contributed by atoms with Crippen molar-refractivity contribution in [3.8, 4) is 0 Å². The van der Waals surface area contributed by atoms with Crippen LogP contribution in [-0.2, 0) is 10.0 Å². The lowest BCUT2D eigenvalue weighted by Gasteiger charge is -2.32. The van der Waals surface area contributed by atoms with Crippen LogP contribution in [0.4, 0.5) is 0 Å². The first-order valence-corrected chi connectivity index (χ1v) is 9.24. The molecule has 7 heteroatoms. The third-order valence-electron chi connectivity index (χ3n) is 4.51. The van der Waals surface area contributed by atoms with Crippen molar-refractivity contribution in [3.05, 3.63) is 28.8 Å². The molecular formula is C15H18ClNO4S. The molecule has 0 bridgehead atoms. The maximum absolute atomic E-state index is 12.8. The van der Waals surface area contributed by atoms with E-state index < -0.39 is 16.0 Å². The van der Waals surface area contributed by atoms with Gasteiger partial charge in [0, 0.05) is 13.1 Å². The Balaban J connectivity index is 1.87. The molecule has 1 aliphatic carbocycles. The Morgan fingerprint density at radius 3 is 2.55 bits per heavy atom. The molecule has 2 fully saturated rings. The number of hydrogen-bond acceptors (Lipinski definition) is 3. The normalized spacial score (nSPS) is 23.4. The van der Waals surface area contributed by atoms with Gasteiger partial charge in [0.2, 0.25) is 10.0 Å². The highest BCUT2D eigenvalue weighted by Crippen LogP contribution is 2.42. The summed E-state index contributed by atoms with van der Waals surface area (Å²) in [4.78, 5) is 10.9. The topological polar surface area (TPSA) is 74.7 Å². The molecule has 1 aliphatic heterocycles. The van der Waals surface area contributed by atoms with Gasteiger partial charge in [-0.05, 0) is 55.7 Å². The van der Waals surface area contributed by atoms with Crippen molar-refractivity contribution in [1.82, 2.24) is 4.31 Å². The molecule has 1 atom stereocenters. The molecule has 1 saturated carbocycles. The van der Waals surface area contributed by atoms with Crippen LogP contribution in [0, 0.1) is 11.8 Å². The minimum absolute atomic E-state index is 0.00406. The van der Waals surface area contributed by atoms with Gasteiger partial charge >= 0.3 is 5.97 Å². The van der Waals surface area contributed by atoms with Crippen LogP contribution in [0.5, 0.6) is 0 Å². The molecular weight excluding hydrogens is 326 g/mol. The summed E-state index contributed by atoms with van der Waals surface area (Å²) in [5, 5.41) is 8.90. The smallest absolute Gasteiger partial charge is 0.335 e. The SMILES string of the molecule is O=C(O)c1ccc(S(=O)(=O)N2CCC[C@@H](C3CC3)C2)c(Cl)c1. The van der Waals surface area contributed by atoms with Crippen molar-refractivity contribution in [1.29, 1.82) is 0 Å². The number of carboxylic acid groups (broad SMARTS) is 1. The van der Waals surface area contributed by atoms with Gasteiger partial charge < -0.3 is 5.11 Å². The highest BCUT2D eigenvalue weighted by Gasteiger charge is 2.38. The molecule has 0 radical (unpaired) electrons. The summed E-state index contributed by atoms with van der Waals surface area (Å²) in [6.07, 6.45) is 4.35. The van der Waals surface area contributed by atoms with Crippen molar-refractivity contribution in [2.45, 2.75) is 30.6 Å². The lowest BCUT2D eigenvalue weighted by molar-refractivity contribution is 0.0696. The lowest BCUT2D eigenvalue weighted by Crippen LogP contribution is -2.40. The second kappa shape index (κ2) is 5.83. The van der Waals surface area contributed by atoms with E-state index in [1.165, 1.54) is 35.3 Å². The monoisotopic (exact) mass is 343 g/mol. The Hall–Kier alpha value is -1.11. The third kappa shape index (κ3) is 3.00. The second-order valence-corrected chi connectivity index (χ2v) is 8.37. The first kappa shape index (κ1) is 15.8. The first-order chi connectivity index (χ1) is 10.4. The van der Waals surface area contributed by atoms with Gasteiger partial charge in [-0.1, -0.05) is 11.6 Å². The molecule has 5 nitrogen and oxygen atoms in total. The van der Waals surface area contributed by atoms with Crippen LogP contribution in [-0.4, -0.2) is 36.9 Å². The molecule has 2 aliphatic rings. The summed E-state index contributed by atoms with van der Waals surface area (Å²) >= 11 is 6.02. The number of carboxylic acids is 1. The van der Waals surface area contributed by atoms with E-state index >= 15 is 0 Å². The van der Waals surface area contributed by atoms with E-state index in [0.29, 0.717) is 24.9 Å². The van der Waals surface area contributed by atoms with E-state index in [1.54, 1.807) is 0 Å². The maximum atomic E-state index is 12.8. The average Bonchev–Trinajstić information content (AvgIpc) is 3.31. The van der Waals surface area contributed by atoms with Crippen LogP contribution in [0.1, 0.15) is 36.0 Å². The average molecular weight is 344 g/mol. The standard InChI is InChI=1S/C15H18ClNO4S/c16-13-8-11(15(18)19)5-6-14(13)22(20,21)17-7-1-2-12(9-17)10-3-4-10/h5-6,8,10,12H,1-4,7,9H2,(H,18,19)/t12-/m1/s1. The number of aromatic carboxylic acids is 1. The van der Waals surface area contributed by atoms with Crippen LogP contribution in [0.2, 0.25) is 5.02 Å². The molecule has 0 spiro atoms. The number of rotatable bonds is 4.